The third kappa shape index (κ3) is 2.63. The predicted molar refractivity (Wildman–Crippen MR) is 67.0 cm³/mol. The van der Waals surface area contributed by atoms with Crippen LogP contribution >= 0.6 is 0 Å². The van der Waals surface area contributed by atoms with Crippen molar-refractivity contribution in [1.82, 2.24) is 4.90 Å². The van der Waals surface area contributed by atoms with Crippen LogP contribution in [0.15, 0.2) is 18.2 Å². The number of aromatic hydroxyl groups is 1. The minimum absolute atomic E-state index is 0.0601. The zero-order valence-electron chi connectivity index (χ0n) is 10.5. The van der Waals surface area contributed by atoms with Crippen molar-refractivity contribution in [3.63, 3.8) is 0 Å². The Labute approximate surface area is 106 Å². The molecule has 0 atom stereocenters. The minimum Gasteiger partial charge on any atom is -0.507 e. The molecule has 0 spiro atoms. The van der Waals surface area contributed by atoms with Gasteiger partial charge in [0.1, 0.15) is 11.6 Å². The lowest BCUT2D eigenvalue weighted by atomic mass is 9.94. The molecule has 1 aromatic carbocycles. The summed E-state index contributed by atoms with van der Waals surface area (Å²) in [5.41, 5.74) is 0.0601. The van der Waals surface area contributed by atoms with Crippen molar-refractivity contribution in [3.8, 4) is 5.75 Å². The monoisotopic (exact) mass is 251 g/mol. The Hall–Kier alpha value is -1.58. The summed E-state index contributed by atoms with van der Waals surface area (Å²) in [6.07, 6.45) is 3.10. The number of benzene rings is 1. The summed E-state index contributed by atoms with van der Waals surface area (Å²) in [4.78, 5) is 13.9. The van der Waals surface area contributed by atoms with Crippen LogP contribution in [0.1, 0.15) is 36.5 Å². The van der Waals surface area contributed by atoms with Gasteiger partial charge < -0.3 is 10.0 Å². The third-order valence-corrected chi connectivity index (χ3v) is 3.67. The van der Waals surface area contributed by atoms with Crippen molar-refractivity contribution in [3.05, 3.63) is 29.6 Å². The summed E-state index contributed by atoms with van der Waals surface area (Å²) < 4.78 is 13.1. The van der Waals surface area contributed by atoms with Crippen LogP contribution in [-0.4, -0.2) is 29.0 Å². The molecule has 2 rings (SSSR count). The van der Waals surface area contributed by atoms with Crippen LogP contribution in [0.4, 0.5) is 4.39 Å². The molecule has 4 heteroatoms. The Kier molecular flexibility index (Phi) is 3.84. The van der Waals surface area contributed by atoms with Crippen molar-refractivity contribution in [2.24, 2.45) is 5.92 Å². The van der Waals surface area contributed by atoms with E-state index in [1.807, 2.05) is 0 Å². The Morgan fingerprint density at radius 1 is 1.44 bits per heavy atom. The summed E-state index contributed by atoms with van der Waals surface area (Å²) in [6.45, 7) is 3.53. The molecule has 0 radical (unpaired) electrons. The molecule has 98 valence electrons. The van der Waals surface area contributed by atoms with Crippen LogP contribution in [0.2, 0.25) is 0 Å². The fourth-order valence-electron chi connectivity index (χ4n) is 2.39. The topological polar surface area (TPSA) is 40.5 Å². The minimum atomic E-state index is -0.500. The van der Waals surface area contributed by atoms with E-state index in [0.717, 1.165) is 31.4 Å². The van der Waals surface area contributed by atoms with E-state index in [0.29, 0.717) is 19.0 Å². The maximum absolute atomic E-state index is 13.1. The van der Waals surface area contributed by atoms with Gasteiger partial charge in [0, 0.05) is 13.1 Å². The number of carbonyl (C=O) groups is 1. The van der Waals surface area contributed by atoms with E-state index in [1.54, 1.807) is 4.90 Å². The lowest BCUT2D eigenvalue weighted by Crippen LogP contribution is -2.38. The smallest absolute Gasteiger partial charge is 0.257 e. The summed E-state index contributed by atoms with van der Waals surface area (Å²) in [5, 5.41) is 9.62. The molecule has 0 aliphatic carbocycles. The highest BCUT2D eigenvalue weighted by atomic mass is 19.1. The first-order valence-corrected chi connectivity index (χ1v) is 6.39. The van der Waals surface area contributed by atoms with E-state index in [9.17, 15) is 14.3 Å². The lowest BCUT2D eigenvalue weighted by molar-refractivity contribution is 0.0685. The van der Waals surface area contributed by atoms with Gasteiger partial charge in [0.2, 0.25) is 0 Å². The molecule has 1 heterocycles. The highest BCUT2D eigenvalue weighted by Gasteiger charge is 2.24. The van der Waals surface area contributed by atoms with Gasteiger partial charge in [0.25, 0.3) is 5.91 Å². The number of hydrogen-bond acceptors (Lipinski definition) is 2. The zero-order valence-corrected chi connectivity index (χ0v) is 10.5. The maximum Gasteiger partial charge on any atom is 0.257 e. The maximum atomic E-state index is 13.1. The second kappa shape index (κ2) is 5.38. The summed E-state index contributed by atoms with van der Waals surface area (Å²) in [5.74, 6) is -0.254. The average Bonchev–Trinajstić information content (AvgIpc) is 2.41. The molecular formula is C14H18FNO2. The Morgan fingerprint density at radius 2 is 2.11 bits per heavy atom. The number of carbonyl (C=O) groups excluding carboxylic acids is 1. The first kappa shape index (κ1) is 12.9. The van der Waals surface area contributed by atoms with Crippen LogP contribution in [0.3, 0.4) is 0 Å². The Bertz CT molecular complexity index is 439. The van der Waals surface area contributed by atoms with Gasteiger partial charge in [-0.2, -0.15) is 0 Å². The van der Waals surface area contributed by atoms with Crippen molar-refractivity contribution >= 4 is 5.91 Å². The number of piperidine rings is 1. The van der Waals surface area contributed by atoms with Crippen LogP contribution in [-0.2, 0) is 0 Å². The number of phenols is 1. The lowest BCUT2D eigenvalue weighted by Gasteiger charge is -2.31. The van der Waals surface area contributed by atoms with Crippen molar-refractivity contribution in [1.29, 1.82) is 0 Å². The quantitative estimate of drug-likeness (QED) is 0.878. The Morgan fingerprint density at radius 3 is 2.72 bits per heavy atom. The first-order valence-electron chi connectivity index (χ1n) is 6.39. The van der Waals surface area contributed by atoms with Crippen molar-refractivity contribution in [2.45, 2.75) is 26.2 Å². The zero-order chi connectivity index (χ0) is 13.1. The molecule has 1 aliphatic rings. The molecule has 18 heavy (non-hydrogen) atoms. The number of halogens is 1. The number of likely N-dealkylation sites (tertiary alicyclic amines) is 1. The summed E-state index contributed by atoms with van der Waals surface area (Å²) in [6, 6.07) is 3.47. The number of phenolic OH excluding ortho intramolecular Hbond substituents is 1. The van der Waals surface area contributed by atoms with Gasteiger partial charge in [-0.25, -0.2) is 4.39 Å². The van der Waals surface area contributed by atoms with E-state index in [1.165, 1.54) is 6.07 Å². The third-order valence-electron chi connectivity index (χ3n) is 3.67. The molecule has 1 aromatic rings. The standard InChI is InChI=1S/C14H18FNO2/c1-2-10-5-7-16(8-6-10)14(18)12-9-11(15)3-4-13(12)17/h3-4,9-10,17H,2,5-8H2,1H3. The molecule has 0 unspecified atom stereocenters. The largest absolute Gasteiger partial charge is 0.507 e. The number of amides is 1. The van der Waals surface area contributed by atoms with Gasteiger partial charge in [0.15, 0.2) is 0 Å². The number of hydrogen-bond donors (Lipinski definition) is 1. The molecule has 1 saturated heterocycles. The van der Waals surface area contributed by atoms with Crippen LogP contribution in [0.5, 0.6) is 5.75 Å². The molecule has 0 saturated carbocycles. The molecule has 1 aliphatic heterocycles. The second-order valence-corrected chi connectivity index (χ2v) is 4.81. The van der Waals surface area contributed by atoms with Gasteiger partial charge in [-0.15, -0.1) is 0 Å². The SMILES string of the molecule is CCC1CCN(C(=O)c2cc(F)ccc2O)CC1. The fourth-order valence-corrected chi connectivity index (χ4v) is 2.39. The van der Waals surface area contributed by atoms with Gasteiger partial charge in [-0.05, 0) is 37.0 Å². The van der Waals surface area contributed by atoms with E-state index in [4.69, 9.17) is 0 Å². The number of nitrogens with zero attached hydrogens (tertiary/aromatic N) is 1. The number of rotatable bonds is 2. The van der Waals surface area contributed by atoms with Gasteiger partial charge in [-0.3, -0.25) is 4.79 Å². The molecule has 0 aromatic heterocycles. The van der Waals surface area contributed by atoms with Crippen molar-refractivity contribution in [2.75, 3.05) is 13.1 Å². The molecule has 1 N–H and O–H groups in total. The van der Waals surface area contributed by atoms with Crippen LogP contribution in [0, 0.1) is 11.7 Å². The van der Waals surface area contributed by atoms with E-state index in [2.05, 4.69) is 6.92 Å². The van der Waals surface area contributed by atoms with Gasteiger partial charge in [-0.1, -0.05) is 13.3 Å². The molecule has 1 amide bonds. The van der Waals surface area contributed by atoms with E-state index < -0.39 is 5.82 Å². The predicted octanol–water partition coefficient (Wildman–Crippen LogP) is 2.79. The van der Waals surface area contributed by atoms with E-state index in [-0.39, 0.29) is 17.2 Å². The summed E-state index contributed by atoms with van der Waals surface area (Å²) in [7, 11) is 0. The van der Waals surface area contributed by atoms with Crippen molar-refractivity contribution < 1.29 is 14.3 Å². The fraction of sp³-hybridized carbons (Fsp3) is 0.500. The summed E-state index contributed by atoms with van der Waals surface area (Å²) >= 11 is 0. The van der Waals surface area contributed by atoms with Crippen LogP contribution in [0.25, 0.3) is 0 Å². The molecule has 3 nitrogen and oxygen atoms in total. The highest BCUT2D eigenvalue weighted by Crippen LogP contribution is 2.24. The average molecular weight is 251 g/mol. The normalized spacial score (nSPS) is 16.9. The van der Waals surface area contributed by atoms with Gasteiger partial charge in [0.05, 0.1) is 5.56 Å². The van der Waals surface area contributed by atoms with Crippen LogP contribution < -0.4 is 0 Å². The Balaban J connectivity index is 2.10. The second-order valence-electron chi connectivity index (χ2n) is 4.81. The molecule has 1 fully saturated rings. The molecular weight excluding hydrogens is 233 g/mol. The van der Waals surface area contributed by atoms with Gasteiger partial charge >= 0.3 is 0 Å². The first-order chi connectivity index (χ1) is 8.61. The molecule has 0 bridgehead atoms. The van der Waals surface area contributed by atoms with E-state index >= 15 is 0 Å². The highest BCUT2D eigenvalue weighted by molar-refractivity contribution is 5.96.